The van der Waals surface area contributed by atoms with E-state index in [-0.39, 0.29) is 0 Å². The Morgan fingerprint density at radius 3 is 1.67 bits per heavy atom. The van der Waals surface area contributed by atoms with Gasteiger partial charge < -0.3 is 10.2 Å². The zero-order chi connectivity index (χ0) is 15.6. The Kier molecular flexibility index (Phi) is 17.9. The van der Waals surface area contributed by atoms with Gasteiger partial charge in [-0.05, 0) is 58.9 Å². The molecule has 0 heterocycles. The smallest absolute Gasteiger partial charge is 0.00218 e. The molecule has 0 aliphatic rings. The first-order chi connectivity index (χ1) is 10.3. The summed E-state index contributed by atoms with van der Waals surface area (Å²) in [6.45, 7) is 9.54. The van der Waals surface area contributed by atoms with Crippen LogP contribution in [0.5, 0.6) is 0 Å². The van der Waals surface area contributed by atoms with Gasteiger partial charge in [0.25, 0.3) is 0 Å². The number of nitrogens with zero attached hydrogens (tertiary/aromatic N) is 1. The first-order valence-corrected chi connectivity index (χ1v) is 9.70. The number of unbranched alkanes of at least 4 members (excludes halogenated alkanes) is 9. The summed E-state index contributed by atoms with van der Waals surface area (Å²) in [4.78, 5) is 2.48. The maximum atomic E-state index is 3.60. The molecular formula is C19H42N2. The van der Waals surface area contributed by atoms with E-state index in [0.717, 1.165) is 0 Å². The molecule has 0 aliphatic heterocycles. The Hall–Kier alpha value is -0.0800. The molecule has 0 unspecified atom stereocenters. The van der Waals surface area contributed by atoms with Gasteiger partial charge in [0.05, 0.1) is 0 Å². The Balaban J connectivity index is 3.02. The number of hydrogen-bond donors (Lipinski definition) is 1. The highest BCUT2D eigenvalue weighted by Gasteiger charge is 1.97. The molecule has 0 aromatic rings. The van der Waals surface area contributed by atoms with Gasteiger partial charge in [0.2, 0.25) is 0 Å². The van der Waals surface area contributed by atoms with Crippen molar-refractivity contribution in [2.24, 2.45) is 0 Å². The molecule has 2 nitrogen and oxygen atoms in total. The Bertz CT molecular complexity index is 182. The predicted octanol–water partition coefficient (Wildman–Crippen LogP) is 5.23. The third-order valence-corrected chi connectivity index (χ3v) is 4.24. The summed E-state index contributed by atoms with van der Waals surface area (Å²) in [6.07, 6.45) is 16.6. The molecule has 2 heteroatoms. The van der Waals surface area contributed by atoms with E-state index in [1.54, 1.807) is 0 Å². The standard InChI is InChI=1S/C19H42N2/c1-4-6-8-9-10-11-13-16-20-17-14-12-15-19-21(3)18-7-5-2/h20H,4-19H2,1-3H3. The van der Waals surface area contributed by atoms with Gasteiger partial charge in [-0.3, -0.25) is 0 Å². The van der Waals surface area contributed by atoms with Gasteiger partial charge in [0, 0.05) is 0 Å². The normalized spacial score (nSPS) is 11.4. The Labute approximate surface area is 135 Å². The van der Waals surface area contributed by atoms with Crippen LogP contribution in [0.3, 0.4) is 0 Å². The topological polar surface area (TPSA) is 15.3 Å². The molecule has 0 amide bonds. The molecule has 21 heavy (non-hydrogen) atoms. The average Bonchev–Trinajstić information content (AvgIpc) is 2.49. The van der Waals surface area contributed by atoms with Gasteiger partial charge in [-0.25, -0.2) is 0 Å². The van der Waals surface area contributed by atoms with Crippen LogP contribution in [0.1, 0.15) is 90.9 Å². The van der Waals surface area contributed by atoms with Crippen molar-refractivity contribution in [1.29, 1.82) is 0 Å². The third-order valence-electron chi connectivity index (χ3n) is 4.24. The van der Waals surface area contributed by atoms with Crippen LogP contribution >= 0.6 is 0 Å². The highest BCUT2D eigenvalue weighted by molar-refractivity contribution is 4.54. The molecule has 0 saturated heterocycles. The lowest BCUT2D eigenvalue weighted by molar-refractivity contribution is 0.318. The van der Waals surface area contributed by atoms with E-state index in [1.165, 1.54) is 103 Å². The summed E-state index contributed by atoms with van der Waals surface area (Å²) < 4.78 is 0. The van der Waals surface area contributed by atoms with Crippen molar-refractivity contribution in [1.82, 2.24) is 10.2 Å². The van der Waals surface area contributed by atoms with Crippen molar-refractivity contribution in [3.05, 3.63) is 0 Å². The SMILES string of the molecule is CCCCCCCCCNCCCCCN(C)CCCC. The number of hydrogen-bond acceptors (Lipinski definition) is 2. The van der Waals surface area contributed by atoms with Gasteiger partial charge >= 0.3 is 0 Å². The van der Waals surface area contributed by atoms with Crippen LogP contribution in [-0.2, 0) is 0 Å². The Morgan fingerprint density at radius 2 is 1.05 bits per heavy atom. The molecule has 0 atom stereocenters. The summed E-state index contributed by atoms with van der Waals surface area (Å²) >= 11 is 0. The van der Waals surface area contributed by atoms with Crippen LogP contribution < -0.4 is 5.32 Å². The quantitative estimate of drug-likeness (QED) is 0.370. The molecule has 0 saturated carbocycles. The molecule has 0 fully saturated rings. The van der Waals surface area contributed by atoms with Crippen LogP contribution in [0.4, 0.5) is 0 Å². The van der Waals surface area contributed by atoms with Crippen LogP contribution in [0.2, 0.25) is 0 Å². The van der Waals surface area contributed by atoms with Crippen molar-refractivity contribution < 1.29 is 0 Å². The van der Waals surface area contributed by atoms with Gasteiger partial charge in [-0.2, -0.15) is 0 Å². The average molecular weight is 299 g/mol. The van der Waals surface area contributed by atoms with Crippen molar-refractivity contribution in [2.45, 2.75) is 90.9 Å². The van der Waals surface area contributed by atoms with E-state index in [2.05, 4.69) is 31.1 Å². The maximum absolute atomic E-state index is 3.60. The van der Waals surface area contributed by atoms with Crippen molar-refractivity contribution in [3.8, 4) is 0 Å². The highest BCUT2D eigenvalue weighted by atomic mass is 15.1. The molecule has 128 valence electrons. The molecule has 0 bridgehead atoms. The molecule has 0 aliphatic carbocycles. The summed E-state index contributed by atoms with van der Waals surface area (Å²) in [5.41, 5.74) is 0. The third kappa shape index (κ3) is 17.9. The minimum atomic E-state index is 1.22. The van der Waals surface area contributed by atoms with E-state index < -0.39 is 0 Å². The summed E-state index contributed by atoms with van der Waals surface area (Å²) in [7, 11) is 2.26. The first-order valence-electron chi connectivity index (χ1n) is 9.70. The van der Waals surface area contributed by atoms with Crippen LogP contribution in [0, 0.1) is 0 Å². The lowest BCUT2D eigenvalue weighted by atomic mass is 10.1. The van der Waals surface area contributed by atoms with Crippen LogP contribution in [0.15, 0.2) is 0 Å². The number of rotatable bonds is 17. The summed E-state index contributed by atoms with van der Waals surface area (Å²) in [5.74, 6) is 0. The molecule has 1 N–H and O–H groups in total. The van der Waals surface area contributed by atoms with Crippen molar-refractivity contribution in [3.63, 3.8) is 0 Å². The van der Waals surface area contributed by atoms with E-state index in [4.69, 9.17) is 0 Å². The van der Waals surface area contributed by atoms with Gasteiger partial charge in [-0.1, -0.05) is 65.2 Å². The van der Waals surface area contributed by atoms with Gasteiger partial charge in [0.1, 0.15) is 0 Å². The second kappa shape index (κ2) is 18.0. The molecular weight excluding hydrogens is 256 g/mol. The van der Waals surface area contributed by atoms with E-state index >= 15 is 0 Å². The lowest BCUT2D eigenvalue weighted by Gasteiger charge is -2.15. The van der Waals surface area contributed by atoms with Crippen molar-refractivity contribution >= 4 is 0 Å². The minimum Gasteiger partial charge on any atom is -0.317 e. The summed E-state index contributed by atoms with van der Waals surface area (Å²) in [5, 5.41) is 3.60. The zero-order valence-electron chi connectivity index (χ0n) is 15.3. The van der Waals surface area contributed by atoms with Gasteiger partial charge in [0.15, 0.2) is 0 Å². The molecule has 0 radical (unpaired) electrons. The monoisotopic (exact) mass is 298 g/mol. The fourth-order valence-electron chi connectivity index (χ4n) is 2.68. The molecule has 0 aromatic carbocycles. The maximum Gasteiger partial charge on any atom is -0.00218 e. The fourth-order valence-corrected chi connectivity index (χ4v) is 2.68. The van der Waals surface area contributed by atoms with E-state index in [1.807, 2.05) is 0 Å². The largest absolute Gasteiger partial charge is 0.317 e. The first kappa shape index (κ1) is 20.9. The van der Waals surface area contributed by atoms with E-state index in [0.29, 0.717) is 0 Å². The second-order valence-corrected chi connectivity index (χ2v) is 6.59. The molecule has 0 spiro atoms. The zero-order valence-corrected chi connectivity index (χ0v) is 15.3. The Morgan fingerprint density at radius 1 is 0.571 bits per heavy atom. The fraction of sp³-hybridized carbons (Fsp3) is 1.00. The number of nitrogens with one attached hydrogen (secondary N) is 1. The molecule has 0 aromatic heterocycles. The second-order valence-electron chi connectivity index (χ2n) is 6.59. The predicted molar refractivity (Wildman–Crippen MR) is 97.1 cm³/mol. The van der Waals surface area contributed by atoms with Crippen molar-refractivity contribution in [2.75, 3.05) is 33.2 Å². The van der Waals surface area contributed by atoms with Crippen LogP contribution in [-0.4, -0.2) is 38.1 Å². The van der Waals surface area contributed by atoms with Crippen LogP contribution in [0.25, 0.3) is 0 Å². The van der Waals surface area contributed by atoms with E-state index in [9.17, 15) is 0 Å². The summed E-state index contributed by atoms with van der Waals surface area (Å²) in [6, 6.07) is 0. The van der Waals surface area contributed by atoms with Gasteiger partial charge in [-0.15, -0.1) is 0 Å². The molecule has 0 rings (SSSR count). The highest BCUT2D eigenvalue weighted by Crippen LogP contribution is 2.06. The lowest BCUT2D eigenvalue weighted by Crippen LogP contribution is -2.21. The minimum absolute atomic E-state index is 1.22.